The van der Waals surface area contributed by atoms with Gasteiger partial charge in [0.15, 0.2) is 0 Å². The van der Waals surface area contributed by atoms with Gasteiger partial charge >= 0.3 is 0 Å². The fourth-order valence-electron chi connectivity index (χ4n) is 1.87. The molecule has 100 valence electrons. The summed E-state index contributed by atoms with van der Waals surface area (Å²) in [6, 6.07) is 7.67. The minimum Gasteiger partial charge on any atom is -0.385 e. The van der Waals surface area contributed by atoms with Gasteiger partial charge in [-0.3, -0.25) is 4.79 Å². The number of hydrogen-bond acceptors (Lipinski definition) is 3. The summed E-state index contributed by atoms with van der Waals surface area (Å²) in [7, 11) is 1.99. The number of aromatic nitrogens is 2. The Morgan fingerprint density at radius 1 is 1.37 bits per heavy atom. The van der Waals surface area contributed by atoms with Crippen molar-refractivity contribution in [3.05, 3.63) is 42.5 Å². The molecule has 5 nitrogen and oxygen atoms in total. The Morgan fingerprint density at radius 2 is 2.16 bits per heavy atom. The van der Waals surface area contributed by atoms with E-state index in [4.69, 9.17) is 0 Å². The van der Waals surface area contributed by atoms with E-state index < -0.39 is 0 Å². The molecule has 1 aromatic heterocycles. The van der Waals surface area contributed by atoms with Gasteiger partial charge in [-0.05, 0) is 18.2 Å². The van der Waals surface area contributed by atoms with E-state index in [1.54, 1.807) is 6.20 Å². The molecule has 5 heteroatoms. The van der Waals surface area contributed by atoms with E-state index in [2.05, 4.69) is 15.6 Å². The van der Waals surface area contributed by atoms with E-state index in [9.17, 15) is 4.79 Å². The number of nitrogens with one attached hydrogen (secondary N) is 2. The third-order valence-electron chi connectivity index (χ3n) is 2.78. The number of benzene rings is 1. The summed E-state index contributed by atoms with van der Waals surface area (Å²) in [5.41, 5.74) is 1.79. The smallest absolute Gasteiger partial charge is 0.221 e. The largest absolute Gasteiger partial charge is 0.385 e. The lowest BCUT2D eigenvalue weighted by atomic mass is 10.2. The van der Waals surface area contributed by atoms with Crippen LogP contribution >= 0.6 is 0 Å². The number of amides is 1. The van der Waals surface area contributed by atoms with Crippen LogP contribution in [0.1, 0.15) is 12.7 Å². The van der Waals surface area contributed by atoms with Crippen molar-refractivity contribution in [2.24, 2.45) is 7.05 Å². The third-order valence-corrected chi connectivity index (χ3v) is 2.78. The van der Waals surface area contributed by atoms with Gasteiger partial charge in [-0.25, -0.2) is 4.98 Å². The van der Waals surface area contributed by atoms with Crippen LogP contribution in [0.15, 0.2) is 36.7 Å². The molecule has 0 radical (unpaired) electrons. The first-order valence-electron chi connectivity index (χ1n) is 6.23. The van der Waals surface area contributed by atoms with Crippen molar-refractivity contribution in [2.45, 2.75) is 13.3 Å². The molecule has 0 spiro atoms. The lowest BCUT2D eigenvalue weighted by molar-refractivity contribution is -0.114. The van der Waals surface area contributed by atoms with Gasteiger partial charge in [0.05, 0.1) is 0 Å². The molecule has 0 bridgehead atoms. The summed E-state index contributed by atoms with van der Waals surface area (Å²) in [5, 5.41) is 6.08. The highest BCUT2D eigenvalue weighted by molar-refractivity contribution is 5.89. The fourth-order valence-corrected chi connectivity index (χ4v) is 1.87. The number of anilines is 2. The summed E-state index contributed by atoms with van der Waals surface area (Å²) in [5.74, 6) is 0.982. The molecule has 0 fully saturated rings. The number of nitrogens with zero attached hydrogens (tertiary/aromatic N) is 2. The van der Waals surface area contributed by atoms with Crippen molar-refractivity contribution < 1.29 is 4.79 Å². The molecule has 2 N–H and O–H groups in total. The molecule has 19 heavy (non-hydrogen) atoms. The number of carbonyl (C=O) groups excluding carboxylic acids is 1. The topological polar surface area (TPSA) is 59.0 Å². The Morgan fingerprint density at radius 3 is 2.84 bits per heavy atom. The van der Waals surface area contributed by atoms with Crippen LogP contribution in [0.25, 0.3) is 0 Å². The lowest BCUT2D eigenvalue weighted by Crippen LogP contribution is -2.09. The molecular formula is C14H18N4O. The molecule has 0 aliphatic carbocycles. The SMILES string of the molecule is CC(=O)Nc1cccc(NCCc2nccn2C)c1. The van der Waals surface area contributed by atoms with Crippen molar-refractivity contribution in [1.29, 1.82) is 0 Å². The highest BCUT2D eigenvalue weighted by Crippen LogP contribution is 2.14. The molecule has 1 aromatic carbocycles. The van der Waals surface area contributed by atoms with E-state index in [1.807, 2.05) is 42.1 Å². The van der Waals surface area contributed by atoms with Gasteiger partial charge < -0.3 is 15.2 Å². The van der Waals surface area contributed by atoms with Gasteiger partial charge in [0.1, 0.15) is 5.82 Å². The van der Waals surface area contributed by atoms with E-state index in [0.29, 0.717) is 0 Å². The van der Waals surface area contributed by atoms with Crippen molar-refractivity contribution in [3.8, 4) is 0 Å². The summed E-state index contributed by atoms with van der Waals surface area (Å²) in [4.78, 5) is 15.3. The van der Waals surface area contributed by atoms with E-state index in [0.717, 1.165) is 30.2 Å². The molecule has 0 unspecified atom stereocenters. The van der Waals surface area contributed by atoms with Crippen molar-refractivity contribution >= 4 is 17.3 Å². The van der Waals surface area contributed by atoms with Crippen LogP contribution in [0.5, 0.6) is 0 Å². The zero-order chi connectivity index (χ0) is 13.7. The lowest BCUT2D eigenvalue weighted by Gasteiger charge is -2.08. The highest BCUT2D eigenvalue weighted by atomic mass is 16.1. The number of hydrogen-bond donors (Lipinski definition) is 2. The number of aryl methyl sites for hydroxylation is 1. The van der Waals surface area contributed by atoms with Crippen LogP contribution in [0, 0.1) is 0 Å². The second-order valence-corrected chi connectivity index (χ2v) is 4.39. The maximum atomic E-state index is 11.0. The first-order chi connectivity index (χ1) is 9.15. The van der Waals surface area contributed by atoms with Crippen molar-refractivity contribution in [3.63, 3.8) is 0 Å². The summed E-state index contributed by atoms with van der Waals surface area (Å²) in [6.45, 7) is 2.30. The predicted molar refractivity (Wildman–Crippen MR) is 76.1 cm³/mol. The van der Waals surface area contributed by atoms with Gasteiger partial charge in [-0.15, -0.1) is 0 Å². The van der Waals surface area contributed by atoms with Gasteiger partial charge in [-0.1, -0.05) is 6.07 Å². The second kappa shape index (κ2) is 6.04. The Labute approximate surface area is 112 Å². The van der Waals surface area contributed by atoms with Crippen LogP contribution in [0.2, 0.25) is 0 Å². The zero-order valence-corrected chi connectivity index (χ0v) is 11.2. The maximum Gasteiger partial charge on any atom is 0.221 e. The number of rotatable bonds is 5. The third kappa shape index (κ3) is 3.84. The summed E-state index contributed by atoms with van der Waals surface area (Å²) in [6.07, 6.45) is 4.59. The summed E-state index contributed by atoms with van der Waals surface area (Å²) < 4.78 is 2.01. The Hall–Kier alpha value is -2.30. The highest BCUT2D eigenvalue weighted by Gasteiger charge is 2.00. The van der Waals surface area contributed by atoms with Gasteiger partial charge in [0.25, 0.3) is 0 Å². The molecule has 0 saturated carbocycles. The maximum absolute atomic E-state index is 11.0. The Kier molecular flexibility index (Phi) is 4.18. The van der Waals surface area contributed by atoms with Crippen LogP contribution in [-0.2, 0) is 18.3 Å². The molecule has 0 aliphatic rings. The Bertz CT molecular complexity index is 562. The van der Waals surface area contributed by atoms with E-state index in [1.165, 1.54) is 6.92 Å². The minimum absolute atomic E-state index is 0.0647. The molecule has 1 amide bonds. The van der Waals surface area contributed by atoms with Crippen LogP contribution in [0.4, 0.5) is 11.4 Å². The van der Waals surface area contributed by atoms with Gasteiger partial charge in [-0.2, -0.15) is 0 Å². The number of imidazole rings is 1. The molecule has 2 rings (SSSR count). The average Bonchev–Trinajstić information content (AvgIpc) is 2.75. The first-order valence-corrected chi connectivity index (χ1v) is 6.23. The monoisotopic (exact) mass is 258 g/mol. The predicted octanol–water partition coefficient (Wildman–Crippen LogP) is 2.03. The summed E-state index contributed by atoms with van der Waals surface area (Å²) >= 11 is 0. The van der Waals surface area contributed by atoms with Crippen molar-refractivity contribution in [1.82, 2.24) is 9.55 Å². The first kappa shape index (κ1) is 13.1. The van der Waals surface area contributed by atoms with Crippen LogP contribution < -0.4 is 10.6 Å². The quantitative estimate of drug-likeness (QED) is 0.862. The molecule has 0 atom stereocenters. The second-order valence-electron chi connectivity index (χ2n) is 4.39. The van der Waals surface area contributed by atoms with E-state index >= 15 is 0 Å². The zero-order valence-electron chi connectivity index (χ0n) is 11.2. The minimum atomic E-state index is -0.0647. The standard InChI is InChI=1S/C14H18N4O/c1-11(19)17-13-5-3-4-12(10-13)15-7-6-14-16-8-9-18(14)2/h3-5,8-10,15H,6-7H2,1-2H3,(H,17,19). The average molecular weight is 258 g/mol. The Balaban J connectivity index is 1.89. The molecule has 2 aromatic rings. The number of carbonyl (C=O) groups is 1. The fraction of sp³-hybridized carbons (Fsp3) is 0.286. The molecular weight excluding hydrogens is 240 g/mol. The molecule has 0 saturated heterocycles. The normalized spacial score (nSPS) is 10.2. The molecule has 0 aliphatic heterocycles. The van der Waals surface area contributed by atoms with Crippen LogP contribution in [0.3, 0.4) is 0 Å². The van der Waals surface area contributed by atoms with E-state index in [-0.39, 0.29) is 5.91 Å². The van der Waals surface area contributed by atoms with Crippen LogP contribution in [-0.4, -0.2) is 22.0 Å². The van der Waals surface area contributed by atoms with Gasteiger partial charge in [0.2, 0.25) is 5.91 Å². The van der Waals surface area contributed by atoms with Gasteiger partial charge in [0, 0.05) is 50.7 Å². The molecule has 1 heterocycles. The van der Waals surface area contributed by atoms with Crippen molar-refractivity contribution in [2.75, 3.05) is 17.2 Å².